The summed E-state index contributed by atoms with van der Waals surface area (Å²) >= 11 is 0. The van der Waals surface area contributed by atoms with E-state index in [2.05, 4.69) is 5.32 Å². The zero-order valence-corrected chi connectivity index (χ0v) is 10.2. The summed E-state index contributed by atoms with van der Waals surface area (Å²) in [5.74, 6) is -0.662. The van der Waals surface area contributed by atoms with Gasteiger partial charge in [0.2, 0.25) is 5.91 Å². The fraction of sp³-hybridized carbons (Fsp3) is 0.364. The number of primary amides is 1. The Balaban J connectivity index is 3.14. The topological polar surface area (TPSA) is 124 Å². The minimum absolute atomic E-state index is 0.0389. The Morgan fingerprint density at radius 2 is 2.06 bits per heavy atom. The molecule has 0 saturated heterocycles. The lowest BCUT2D eigenvalue weighted by atomic mass is 10.0. The molecule has 0 saturated carbocycles. The number of carbonyl (C=O) groups is 1. The van der Waals surface area contributed by atoms with Crippen LogP contribution in [0.3, 0.4) is 0 Å². The summed E-state index contributed by atoms with van der Waals surface area (Å²) in [7, 11) is 0. The number of carbonyl (C=O) groups excluding carboxylic acids is 1. The summed E-state index contributed by atoms with van der Waals surface area (Å²) in [6.45, 7) is 3.58. The minimum atomic E-state index is -0.689. The molecule has 1 unspecified atom stereocenters. The zero-order valence-electron chi connectivity index (χ0n) is 10.2. The first-order valence-corrected chi connectivity index (χ1v) is 5.43. The maximum atomic E-state index is 11.3. The van der Waals surface area contributed by atoms with E-state index in [0.717, 1.165) is 0 Å². The van der Waals surface area contributed by atoms with Gasteiger partial charge in [-0.15, -0.1) is 0 Å². The van der Waals surface area contributed by atoms with Gasteiger partial charge in [0.25, 0.3) is 0 Å². The molecule has 5 N–H and O–H groups in total. The highest BCUT2D eigenvalue weighted by atomic mass is 16.6. The number of nitrogens with one attached hydrogen (secondary N) is 1. The molecule has 0 aliphatic carbocycles. The molecule has 0 radical (unpaired) electrons. The summed E-state index contributed by atoms with van der Waals surface area (Å²) in [5.41, 5.74) is 10.8. The number of nitro groups is 1. The monoisotopic (exact) mass is 252 g/mol. The summed E-state index contributed by atoms with van der Waals surface area (Å²) < 4.78 is 0. The lowest BCUT2D eigenvalue weighted by Crippen LogP contribution is -2.39. The van der Waals surface area contributed by atoms with Crippen LogP contribution in [-0.2, 0) is 4.79 Å². The summed E-state index contributed by atoms with van der Waals surface area (Å²) in [6, 6.07) is 3.80. The average Bonchev–Trinajstić information content (AvgIpc) is 2.24. The Morgan fingerprint density at radius 3 is 2.50 bits per heavy atom. The number of hydrogen-bond acceptors (Lipinski definition) is 5. The van der Waals surface area contributed by atoms with Crippen LogP contribution in [0, 0.1) is 16.0 Å². The van der Waals surface area contributed by atoms with Crippen LogP contribution in [0.2, 0.25) is 0 Å². The lowest BCUT2D eigenvalue weighted by Gasteiger charge is -2.20. The normalized spacial score (nSPS) is 12.2. The van der Waals surface area contributed by atoms with Gasteiger partial charge < -0.3 is 16.8 Å². The number of rotatable bonds is 5. The fourth-order valence-electron chi connectivity index (χ4n) is 1.62. The van der Waals surface area contributed by atoms with Gasteiger partial charge >= 0.3 is 5.69 Å². The molecule has 0 aliphatic heterocycles. The Kier molecular flexibility index (Phi) is 4.09. The number of hydrogen-bond donors (Lipinski definition) is 3. The van der Waals surface area contributed by atoms with Gasteiger partial charge in [0.15, 0.2) is 0 Å². The third-order valence-electron chi connectivity index (χ3n) is 2.53. The molecule has 1 aromatic rings. The molecule has 7 nitrogen and oxygen atoms in total. The van der Waals surface area contributed by atoms with E-state index in [9.17, 15) is 14.9 Å². The zero-order chi connectivity index (χ0) is 13.9. The maximum Gasteiger partial charge on any atom is 0.314 e. The number of nitrogen functional groups attached to an aromatic ring is 1. The molecule has 0 aliphatic rings. The Bertz CT molecular complexity index is 473. The smallest absolute Gasteiger partial charge is 0.314 e. The molecule has 7 heteroatoms. The maximum absolute atomic E-state index is 11.3. The van der Waals surface area contributed by atoms with Crippen molar-refractivity contribution in [3.8, 4) is 0 Å². The van der Waals surface area contributed by atoms with E-state index in [1.54, 1.807) is 19.9 Å². The largest absolute Gasteiger partial charge is 0.393 e. The first-order valence-electron chi connectivity index (χ1n) is 5.43. The number of amides is 1. The van der Waals surface area contributed by atoms with Gasteiger partial charge in [-0.05, 0) is 18.1 Å². The number of nitro benzene ring substituents is 1. The number of benzene rings is 1. The lowest BCUT2D eigenvalue weighted by molar-refractivity contribution is -0.383. The predicted molar refractivity (Wildman–Crippen MR) is 69.0 cm³/mol. The van der Waals surface area contributed by atoms with Crippen molar-refractivity contribution in [1.29, 1.82) is 0 Å². The highest BCUT2D eigenvalue weighted by molar-refractivity contribution is 5.85. The molecule has 0 aromatic heterocycles. The summed E-state index contributed by atoms with van der Waals surface area (Å²) in [6.07, 6.45) is 0. The second-order valence-corrected chi connectivity index (χ2v) is 4.27. The van der Waals surface area contributed by atoms with Crippen LogP contribution in [0.15, 0.2) is 18.2 Å². The summed E-state index contributed by atoms with van der Waals surface area (Å²) in [4.78, 5) is 21.6. The Hall–Kier alpha value is -2.31. The molecule has 0 fully saturated rings. The van der Waals surface area contributed by atoms with E-state index in [0.29, 0.717) is 0 Å². The number of para-hydroxylation sites is 1. The van der Waals surface area contributed by atoms with E-state index in [1.165, 1.54) is 12.1 Å². The van der Waals surface area contributed by atoms with Crippen LogP contribution >= 0.6 is 0 Å². The van der Waals surface area contributed by atoms with Crippen molar-refractivity contribution >= 4 is 23.0 Å². The quantitative estimate of drug-likeness (QED) is 0.411. The van der Waals surface area contributed by atoms with Crippen molar-refractivity contribution in [2.24, 2.45) is 11.7 Å². The van der Waals surface area contributed by atoms with Crippen LogP contribution in [0.5, 0.6) is 0 Å². The molecule has 1 rings (SSSR count). The molecule has 0 heterocycles. The Labute approximate surface area is 104 Å². The van der Waals surface area contributed by atoms with Gasteiger partial charge in [0.1, 0.15) is 17.4 Å². The average molecular weight is 252 g/mol. The molecule has 0 bridgehead atoms. The molecular formula is C11H16N4O3. The Morgan fingerprint density at radius 1 is 1.44 bits per heavy atom. The van der Waals surface area contributed by atoms with Gasteiger partial charge in [0, 0.05) is 0 Å². The highest BCUT2D eigenvalue weighted by Gasteiger charge is 2.24. The highest BCUT2D eigenvalue weighted by Crippen LogP contribution is 2.31. The van der Waals surface area contributed by atoms with Crippen molar-refractivity contribution < 1.29 is 9.72 Å². The van der Waals surface area contributed by atoms with Gasteiger partial charge in [-0.3, -0.25) is 14.9 Å². The second-order valence-electron chi connectivity index (χ2n) is 4.27. The van der Waals surface area contributed by atoms with Crippen LogP contribution in [0.1, 0.15) is 13.8 Å². The van der Waals surface area contributed by atoms with Crippen molar-refractivity contribution in [3.05, 3.63) is 28.3 Å². The number of anilines is 2. The van der Waals surface area contributed by atoms with E-state index in [-0.39, 0.29) is 23.0 Å². The van der Waals surface area contributed by atoms with E-state index >= 15 is 0 Å². The van der Waals surface area contributed by atoms with Crippen molar-refractivity contribution in [2.45, 2.75) is 19.9 Å². The third kappa shape index (κ3) is 2.88. The minimum Gasteiger partial charge on any atom is -0.393 e. The second kappa shape index (κ2) is 5.35. The van der Waals surface area contributed by atoms with Crippen molar-refractivity contribution in [1.82, 2.24) is 0 Å². The van der Waals surface area contributed by atoms with Crippen LogP contribution in [0.25, 0.3) is 0 Å². The molecule has 1 atom stereocenters. The molecule has 1 aromatic carbocycles. The van der Waals surface area contributed by atoms with Crippen molar-refractivity contribution in [3.63, 3.8) is 0 Å². The first kappa shape index (κ1) is 13.8. The predicted octanol–water partition coefficient (Wildman–Crippen LogP) is 1.10. The first-order chi connectivity index (χ1) is 8.34. The molecule has 98 valence electrons. The van der Waals surface area contributed by atoms with Gasteiger partial charge in [0.05, 0.1) is 4.92 Å². The van der Waals surface area contributed by atoms with Crippen LogP contribution in [0.4, 0.5) is 17.1 Å². The molecular weight excluding hydrogens is 236 g/mol. The SMILES string of the molecule is CC(C)C(Nc1cccc(N)c1[N+](=O)[O-])C(N)=O. The van der Waals surface area contributed by atoms with Crippen LogP contribution < -0.4 is 16.8 Å². The summed E-state index contributed by atoms with van der Waals surface area (Å²) in [5, 5.41) is 13.7. The van der Waals surface area contributed by atoms with E-state index < -0.39 is 16.9 Å². The van der Waals surface area contributed by atoms with Gasteiger partial charge in [-0.1, -0.05) is 19.9 Å². The van der Waals surface area contributed by atoms with Crippen LogP contribution in [-0.4, -0.2) is 16.9 Å². The van der Waals surface area contributed by atoms with E-state index in [1.807, 2.05) is 0 Å². The number of nitrogens with zero attached hydrogens (tertiary/aromatic N) is 1. The van der Waals surface area contributed by atoms with Crippen molar-refractivity contribution in [2.75, 3.05) is 11.1 Å². The van der Waals surface area contributed by atoms with Gasteiger partial charge in [-0.25, -0.2) is 0 Å². The molecule has 18 heavy (non-hydrogen) atoms. The van der Waals surface area contributed by atoms with E-state index in [4.69, 9.17) is 11.5 Å². The standard InChI is InChI=1S/C11H16N4O3/c1-6(2)9(11(13)16)14-8-5-3-4-7(12)10(8)15(17)18/h3-6,9,14H,12H2,1-2H3,(H2,13,16). The fourth-order valence-corrected chi connectivity index (χ4v) is 1.62. The van der Waals surface area contributed by atoms with Gasteiger partial charge in [-0.2, -0.15) is 0 Å². The third-order valence-corrected chi connectivity index (χ3v) is 2.53. The molecule has 1 amide bonds. The molecule has 0 spiro atoms. The number of nitrogens with two attached hydrogens (primary N) is 2.